The first-order chi connectivity index (χ1) is 6.68. The van der Waals surface area contributed by atoms with Crippen molar-refractivity contribution in [2.24, 2.45) is 0 Å². The summed E-state index contributed by atoms with van der Waals surface area (Å²) in [5, 5.41) is 10.8. The molecule has 1 saturated heterocycles. The van der Waals surface area contributed by atoms with Gasteiger partial charge in [-0.3, -0.25) is 0 Å². The van der Waals surface area contributed by atoms with Crippen molar-refractivity contribution in [3.63, 3.8) is 0 Å². The van der Waals surface area contributed by atoms with Crippen LogP contribution in [0.4, 0.5) is 0 Å². The van der Waals surface area contributed by atoms with Gasteiger partial charge in [0, 0.05) is 24.7 Å². The van der Waals surface area contributed by atoms with E-state index in [2.05, 4.69) is 22.7 Å². The van der Waals surface area contributed by atoms with Crippen LogP contribution in [0.2, 0.25) is 0 Å². The van der Waals surface area contributed by atoms with Crippen molar-refractivity contribution < 1.29 is 4.52 Å². The van der Waals surface area contributed by atoms with Crippen LogP contribution in [0.1, 0.15) is 24.8 Å². The average molecular weight is 195 g/mol. The quantitative estimate of drug-likeness (QED) is 0.750. The van der Waals surface area contributed by atoms with Crippen LogP contribution in [0, 0.1) is 6.92 Å². The highest BCUT2D eigenvalue weighted by molar-refractivity contribution is 5.04. The Bertz CT molecular complexity index is 302. The third-order valence-electron chi connectivity index (χ3n) is 2.74. The van der Waals surface area contributed by atoms with E-state index >= 15 is 0 Å². The Labute approximate surface area is 84.0 Å². The minimum Gasteiger partial charge on any atom is -0.361 e. The maximum atomic E-state index is 5.01. The number of hydrogen-bond acceptors (Lipinski definition) is 4. The molecule has 2 N–H and O–H groups in total. The minimum atomic E-state index is 0.215. The highest BCUT2D eigenvalue weighted by Gasteiger charge is 2.27. The van der Waals surface area contributed by atoms with Crippen LogP contribution >= 0.6 is 0 Å². The van der Waals surface area contributed by atoms with Gasteiger partial charge in [0.1, 0.15) is 5.76 Å². The van der Waals surface area contributed by atoms with Gasteiger partial charge >= 0.3 is 0 Å². The molecule has 1 unspecified atom stereocenters. The predicted molar refractivity (Wildman–Crippen MR) is 54.0 cm³/mol. The van der Waals surface area contributed by atoms with Crippen LogP contribution in [0.15, 0.2) is 10.6 Å². The maximum Gasteiger partial charge on any atom is 0.133 e. The minimum absolute atomic E-state index is 0.215. The monoisotopic (exact) mass is 195 g/mol. The molecule has 1 atom stereocenters. The Morgan fingerprint density at radius 1 is 1.71 bits per heavy atom. The van der Waals surface area contributed by atoms with Crippen LogP contribution in [0.3, 0.4) is 0 Å². The molecule has 0 bridgehead atoms. The molecule has 4 heteroatoms. The fourth-order valence-corrected chi connectivity index (χ4v) is 1.77. The zero-order chi connectivity index (χ0) is 10.0. The molecule has 2 heterocycles. The zero-order valence-corrected chi connectivity index (χ0v) is 8.76. The predicted octanol–water partition coefficient (Wildman–Crippen LogP) is 0.825. The second-order valence-corrected chi connectivity index (χ2v) is 4.27. The normalized spacial score (nSPS) is 27.0. The van der Waals surface area contributed by atoms with E-state index in [0.29, 0.717) is 0 Å². The van der Waals surface area contributed by atoms with Crippen LogP contribution in [-0.4, -0.2) is 23.8 Å². The molecule has 1 aromatic heterocycles. The third-order valence-corrected chi connectivity index (χ3v) is 2.74. The summed E-state index contributed by atoms with van der Waals surface area (Å²) in [5.74, 6) is 0.872. The fourth-order valence-electron chi connectivity index (χ4n) is 1.77. The lowest BCUT2D eigenvalue weighted by atomic mass is 10.0. The molecule has 14 heavy (non-hydrogen) atoms. The van der Waals surface area contributed by atoms with Gasteiger partial charge in [-0.25, -0.2) is 0 Å². The summed E-state index contributed by atoms with van der Waals surface area (Å²) in [4.78, 5) is 0. The summed E-state index contributed by atoms with van der Waals surface area (Å²) in [6.07, 6.45) is 1.17. The van der Waals surface area contributed by atoms with Crippen LogP contribution in [0.25, 0.3) is 0 Å². The van der Waals surface area contributed by atoms with Gasteiger partial charge in [-0.2, -0.15) is 0 Å². The summed E-state index contributed by atoms with van der Waals surface area (Å²) in [7, 11) is 0. The molecule has 2 rings (SSSR count). The van der Waals surface area contributed by atoms with Gasteiger partial charge in [-0.05, 0) is 26.8 Å². The molecule has 0 radical (unpaired) electrons. The molecule has 0 saturated carbocycles. The first-order valence-electron chi connectivity index (χ1n) is 5.06. The van der Waals surface area contributed by atoms with Gasteiger partial charge in [0.25, 0.3) is 0 Å². The van der Waals surface area contributed by atoms with E-state index < -0.39 is 0 Å². The lowest BCUT2D eigenvalue weighted by Crippen LogP contribution is -2.43. The van der Waals surface area contributed by atoms with Gasteiger partial charge in [0.15, 0.2) is 0 Å². The lowest BCUT2D eigenvalue weighted by molar-refractivity contribution is 0.361. The Morgan fingerprint density at radius 2 is 2.57 bits per heavy atom. The topological polar surface area (TPSA) is 50.1 Å². The number of nitrogens with one attached hydrogen (secondary N) is 2. The van der Waals surface area contributed by atoms with E-state index in [1.165, 1.54) is 6.42 Å². The molecule has 1 aliphatic rings. The molecule has 4 nitrogen and oxygen atoms in total. The van der Waals surface area contributed by atoms with Crippen LogP contribution in [0.5, 0.6) is 0 Å². The van der Waals surface area contributed by atoms with Crippen molar-refractivity contribution in [3.05, 3.63) is 17.5 Å². The SMILES string of the molecule is Cc1cc(CNC2(C)CCNC2)no1. The van der Waals surface area contributed by atoms with E-state index in [-0.39, 0.29) is 5.54 Å². The first kappa shape index (κ1) is 9.68. The summed E-state index contributed by atoms with van der Waals surface area (Å²) < 4.78 is 5.01. The molecule has 0 amide bonds. The summed E-state index contributed by atoms with van der Waals surface area (Å²) >= 11 is 0. The van der Waals surface area contributed by atoms with Crippen molar-refractivity contribution in [2.45, 2.75) is 32.4 Å². The molecular weight excluding hydrogens is 178 g/mol. The number of aromatic nitrogens is 1. The summed E-state index contributed by atoms with van der Waals surface area (Å²) in [6.45, 7) is 7.07. The van der Waals surface area contributed by atoms with E-state index in [9.17, 15) is 0 Å². The van der Waals surface area contributed by atoms with Gasteiger partial charge in [0.2, 0.25) is 0 Å². The second kappa shape index (κ2) is 3.71. The Morgan fingerprint density at radius 3 is 3.14 bits per heavy atom. The van der Waals surface area contributed by atoms with Gasteiger partial charge in [-0.1, -0.05) is 5.16 Å². The first-order valence-corrected chi connectivity index (χ1v) is 5.06. The van der Waals surface area contributed by atoms with Gasteiger partial charge < -0.3 is 15.2 Å². The highest BCUT2D eigenvalue weighted by atomic mass is 16.5. The number of rotatable bonds is 3. The van der Waals surface area contributed by atoms with Gasteiger partial charge in [-0.15, -0.1) is 0 Å². The molecule has 1 fully saturated rings. The molecule has 0 aromatic carbocycles. The molecule has 0 spiro atoms. The van der Waals surface area contributed by atoms with Crippen molar-refractivity contribution in [2.75, 3.05) is 13.1 Å². The van der Waals surface area contributed by atoms with Gasteiger partial charge in [0.05, 0.1) is 5.69 Å². The van der Waals surface area contributed by atoms with E-state index in [0.717, 1.165) is 31.1 Å². The third kappa shape index (κ3) is 2.13. The van der Waals surface area contributed by atoms with Crippen molar-refractivity contribution in [1.82, 2.24) is 15.8 Å². The molecule has 78 valence electrons. The standard InChI is InChI=1S/C10H17N3O/c1-8-5-9(13-14-8)6-12-10(2)3-4-11-7-10/h5,11-12H,3-4,6-7H2,1-2H3. The number of hydrogen-bond donors (Lipinski definition) is 2. The van der Waals surface area contributed by atoms with Crippen molar-refractivity contribution in [1.29, 1.82) is 0 Å². The molecule has 1 aliphatic heterocycles. The molecule has 0 aliphatic carbocycles. The van der Waals surface area contributed by atoms with Crippen LogP contribution in [-0.2, 0) is 6.54 Å². The fraction of sp³-hybridized carbons (Fsp3) is 0.700. The molecular formula is C10H17N3O. The van der Waals surface area contributed by atoms with E-state index in [1.807, 2.05) is 13.0 Å². The number of aryl methyl sites for hydroxylation is 1. The Kier molecular flexibility index (Phi) is 2.56. The number of nitrogens with zero attached hydrogens (tertiary/aromatic N) is 1. The smallest absolute Gasteiger partial charge is 0.133 e. The largest absolute Gasteiger partial charge is 0.361 e. The van der Waals surface area contributed by atoms with Crippen LogP contribution < -0.4 is 10.6 Å². The maximum absolute atomic E-state index is 5.01. The molecule has 1 aromatic rings. The summed E-state index contributed by atoms with van der Waals surface area (Å²) in [6, 6.07) is 1.97. The lowest BCUT2D eigenvalue weighted by Gasteiger charge is -2.23. The summed E-state index contributed by atoms with van der Waals surface area (Å²) in [5.41, 5.74) is 1.20. The van der Waals surface area contributed by atoms with Crippen molar-refractivity contribution >= 4 is 0 Å². The highest BCUT2D eigenvalue weighted by Crippen LogP contribution is 2.14. The Hall–Kier alpha value is -0.870. The van der Waals surface area contributed by atoms with Crippen molar-refractivity contribution in [3.8, 4) is 0 Å². The zero-order valence-electron chi connectivity index (χ0n) is 8.76. The second-order valence-electron chi connectivity index (χ2n) is 4.27. The Balaban J connectivity index is 1.87. The average Bonchev–Trinajstić information content (AvgIpc) is 2.73. The van der Waals surface area contributed by atoms with E-state index in [1.54, 1.807) is 0 Å². The van der Waals surface area contributed by atoms with E-state index in [4.69, 9.17) is 4.52 Å².